The zero-order valence-corrected chi connectivity index (χ0v) is 21.1. The molecular formula is C27H31F3N6O2. The normalized spacial score (nSPS) is 32.6. The van der Waals surface area contributed by atoms with Crippen molar-refractivity contribution in [2.45, 2.75) is 69.2 Å². The fourth-order valence-corrected chi connectivity index (χ4v) is 8.35. The molecule has 2 amide bonds. The summed E-state index contributed by atoms with van der Waals surface area (Å²) in [6, 6.07) is 3.11. The minimum atomic E-state index is -4.40. The standard InChI is InChI=1S/C27H31F3N6O2/c28-27(29,30)20-2-1-17(8-31-20)5-24-11-25(12-24,13-24)18-9-34(10-18)22(37)35-14-23(15-35)6-19(7-23)36-16-32-21(33-36)26(38)3-4-26/h1-2,8,16,18-19,38H,3-7,9-15H2. The Morgan fingerprint density at radius 2 is 1.76 bits per heavy atom. The molecule has 4 heterocycles. The van der Waals surface area contributed by atoms with Crippen LogP contribution in [0.1, 0.15) is 68.1 Å². The Balaban J connectivity index is 0.781. The van der Waals surface area contributed by atoms with Crippen molar-refractivity contribution in [3.05, 3.63) is 41.7 Å². The van der Waals surface area contributed by atoms with Crippen LogP contribution in [-0.4, -0.2) is 66.9 Å². The lowest BCUT2D eigenvalue weighted by Crippen LogP contribution is -2.73. The second-order valence-corrected chi connectivity index (χ2v) is 13.5. The van der Waals surface area contributed by atoms with Crippen LogP contribution in [-0.2, 0) is 18.2 Å². The number of carbonyl (C=O) groups is 1. The van der Waals surface area contributed by atoms with Crippen LogP contribution in [0.3, 0.4) is 0 Å². The largest absolute Gasteiger partial charge is 0.433 e. The molecule has 2 aromatic heterocycles. The highest BCUT2D eigenvalue weighted by Gasteiger charge is 2.71. The molecule has 5 aliphatic carbocycles. The number of pyridine rings is 1. The molecule has 9 rings (SSSR count). The minimum absolute atomic E-state index is 0.159. The third-order valence-corrected chi connectivity index (χ3v) is 10.6. The van der Waals surface area contributed by atoms with E-state index in [4.69, 9.17) is 0 Å². The van der Waals surface area contributed by atoms with E-state index in [0.29, 0.717) is 23.2 Å². The van der Waals surface area contributed by atoms with E-state index >= 15 is 0 Å². The first-order valence-corrected chi connectivity index (χ1v) is 13.7. The lowest BCUT2D eigenvalue weighted by atomic mass is 9.30. The minimum Gasteiger partial charge on any atom is -0.382 e. The van der Waals surface area contributed by atoms with Crippen LogP contribution in [0.25, 0.3) is 0 Å². The molecule has 0 radical (unpaired) electrons. The molecule has 11 heteroatoms. The molecule has 7 fully saturated rings. The third kappa shape index (κ3) is 3.32. The summed E-state index contributed by atoms with van der Waals surface area (Å²) < 4.78 is 40.2. The molecule has 8 nitrogen and oxygen atoms in total. The van der Waals surface area contributed by atoms with Crippen LogP contribution < -0.4 is 0 Å². The van der Waals surface area contributed by atoms with Gasteiger partial charge in [0.25, 0.3) is 0 Å². The van der Waals surface area contributed by atoms with Gasteiger partial charge in [0, 0.05) is 37.8 Å². The molecule has 2 aliphatic heterocycles. The Morgan fingerprint density at radius 3 is 2.37 bits per heavy atom. The van der Waals surface area contributed by atoms with Crippen LogP contribution in [0.5, 0.6) is 0 Å². The van der Waals surface area contributed by atoms with Crippen LogP contribution in [0, 0.1) is 22.2 Å². The monoisotopic (exact) mass is 528 g/mol. The maximum absolute atomic E-state index is 13.0. The second-order valence-electron chi connectivity index (χ2n) is 13.5. The van der Waals surface area contributed by atoms with Crippen LogP contribution >= 0.6 is 0 Å². The van der Waals surface area contributed by atoms with Gasteiger partial charge in [0.2, 0.25) is 0 Å². The fourth-order valence-electron chi connectivity index (χ4n) is 8.35. The molecule has 0 unspecified atom stereocenters. The molecule has 1 N–H and O–H groups in total. The van der Waals surface area contributed by atoms with E-state index in [1.54, 1.807) is 12.4 Å². The van der Waals surface area contributed by atoms with Crippen LogP contribution in [0.4, 0.5) is 18.0 Å². The average Bonchev–Trinajstić information content (AvgIpc) is 3.28. The molecule has 2 saturated heterocycles. The molecule has 7 aliphatic rings. The molecule has 1 spiro atoms. The van der Waals surface area contributed by atoms with Gasteiger partial charge in [-0.15, -0.1) is 0 Å². The van der Waals surface area contributed by atoms with Gasteiger partial charge in [0.1, 0.15) is 17.6 Å². The molecule has 0 aromatic carbocycles. The second kappa shape index (κ2) is 7.08. The maximum Gasteiger partial charge on any atom is 0.433 e. The predicted molar refractivity (Wildman–Crippen MR) is 128 cm³/mol. The number of aromatic nitrogens is 4. The van der Waals surface area contributed by atoms with Gasteiger partial charge in [-0.2, -0.15) is 18.3 Å². The number of hydrogen-bond donors (Lipinski definition) is 1. The summed E-state index contributed by atoms with van der Waals surface area (Å²) in [5.41, 5.74) is 0.00495. The van der Waals surface area contributed by atoms with E-state index in [-0.39, 0.29) is 16.9 Å². The van der Waals surface area contributed by atoms with Gasteiger partial charge in [-0.3, -0.25) is 4.98 Å². The van der Waals surface area contributed by atoms with Gasteiger partial charge in [-0.25, -0.2) is 14.5 Å². The summed E-state index contributed by atoms with van der Waals surface area (Å²) >= 11 is 0. The number of nitrogens with zero attached hydrogens (tertiary/aromatic N) is 6. The first-order valence-electron chi connectivity index (χ1n) is 13.7. The summed E-state index contributed by atoms with van der Waals surface area (Å²) in [5.74, 6) is 1.09. The number of amides is 2. The Labute approximate surface area is 218 Å². The number of likely N-dealkylation sites (tertiary alicyclic amines) is 2. The SMILES string of the molecule is O=C(N1CC(C23CC(Cc4ccc(C(F)(F)F)nc4)(C2)C3)C1)N1CC2(CC(n3cnc(C4(O)CC4)n3)C2)C1. The summed E-state index contributed by atoms with van der Waals surface area (Å²) in [6.45, 7) is 3.27. The number of halogens is 3. The number of alkyl halides is 3. The van der Waals surface area contributed by atoms with E-state index in [9.17, 15) is 23.1 Å². The van der Waals surface area contributed by atoms with E-state index < -0.39 is 17.5 Å². The summed E-state index contributed by atoms with van der Waals surface area (Å²) in [5, 5.41) is 14.7. The Bertz CT molecular complexity index is 1280. The van der Waals surface area contributed by atoms with Gasteiger partial charge in [0.05, 0.1) is 6.04 Å². The molecule has 38 heavy (non-hydrogen) atoms. The average molecular weight is 529 g/mol. The van der Waals surface area contributed by atoms with Crippen molar-refractivity contribution in [1.82, 2.24) is 29.5 Å². The van der Waals surface area contributed by atoms with Crippen molar-refractivity contribution in [3.8, 4) is 0 Å². The Hall–Kier alpha value is -2.69. The summed E-state index contributed by atoms with van der Waals surface area (Å²) in [4.78, 5) is 24.9. The molecular weight excluding hydrogens is 497 g/mol. The van der Waals surface area contributed by atoms with Crippen LogP contribution in [0.2, 0.25) is 0 Å². The number of carbonyl (C=O) groups excluding carboxylic acids is 1. The zero-order chi connectivity index (χ0) is 26.1. The summed E-state index contributed by atoms with van der Waals surface area (Å²) in [7, 11) is 0. The molecule has 202 valence electrons. The lowest BCUT2D eigenvalue weighted by molar-refractivity contribution is -0.254. The quantitative estimate of drug-likeness (QED) is 0.639. The number of rotatable bonds is 5. The number of hydrogen-bond acceptors (Lipinski definition) is 5. The predicted octanol–water partition coefficient (Wildman–Crippen LogP) is 3.78. The van der Waals surface area contributed by atoms with Crippen molar-refractivity contribution in [1.29, 1.82) is 0 Å². The highest BCUT2D eigenvalue weighted by Crippen LogP contribution is 2.78. The van der Waals surface area contributed by atoms with Gasteiger partial charge in [0.15, 0.2) is 5.82 Å². The van der Waals surface area contributed by atoms with Crippen molar-refractivity contribution < 1.29 is 23.1 Å². The first kappa shape index (κ1) is 23.2. The van der Waals surface area contributed by atoms with Crippen molar-refractivity contribution in [2.24, 2.45) is 22.2 Å². The Kier molecular flexibility index (Phi) is 4.33. The van der Waals surface area contributed by atoms with Gasteiger partial charge in [-0.05, 0) is 79.7 Å². The van der Waals surface area contributed by atoms with Crippen molar-refractivity contribution >= 4 is 6.03 Å². The van der Waals surface area contributed by atoms with Gasteiger partial charge < -0.3 is 14.9 Å². The molecule has 2 aromatic rings. The first-order chi connectivity index (χ1) is 18.0. The van der Waals surface area contributed by atoms with Gasteiger partial charge >= 0.3 is 12.2 Å². The van der Waals surface area contributed by atoms with E-state index in [2.05, 4.69) is 15.1 Å². The highest BCUT2D eigenvalue weighted by atomic mass is 19.4. The van der Waals surface area contributed by atoms with Crippen molar-refractivity contribution in [2.75, 3.05) is 26.2 Å². The lowest BCUT2D eigenvalue weighted by Gasteiger charge is -2.76. The maximum atomic E-state index is 13.0. The smallest absolute Gasteiger partial charge is 0.382 e. The fraction of sp³-hybridized carbons (Fsp3) is 0.704. The van der Waals surface area contributed by atoms with E-state index in [1.807, 2.05) is 14.5 Å². The zero-order valence-electron chi connectivity index (χ0n) is 21.1. The van der Waals surface area contributed by atoms with E-state index in [0.717, 1.165) is 89.2 Å². The van der Waals surface area contributed by atoms with E-state index in [1.165, 1.54) is 6.20 Å². The van der Waals surface area contributed by atoms with Crippen molar-refractivity contribution in [3.63, 3.8) is 0 Å². The third-order valence-electron chi connectivity index (χ3n) is 10.6. The highest BCUT2D eigenvalue weighted by molar-refractivity contribution is 5.76. The number of urea groups is 1. The van der Waals surface area contributed by atoms with Gasteiger partial charge in [-0.1, -0.05) is 6.07 Å². The topological polar surface area (TPSA) is 87.4 Å². The van der Waals surface area contributed by atoms with Crippen LogP contribution in [0.15, 0.2) is 24.7 Å². The summed E-state index contributed by atoms with van der Waals surface area (Å²) in [6.07, 6.45) is 6.34. The molecule has 2 bridgehead atoms. The molecule has 0 atom stereocenters. The number of aliphatic hydroxyl groups is 1. The Morgan fingerprint density at radius 1 is 1.05 bits per heavy atom. The molecule has 5 saturated carbocycles.